The molecule has 4 aliphatic carbocycles. The summed E-state index contributed by atoms with van der Waals surface area (Å²) in [5.74, 6) is 1.02. The molecule has 0 unspecified atom stereocenters. The Hall–Kier alpha value is -2.46. The predicted octanol–water partition coefficient (Wildman–Crippen LogP) is 5.49. The summed E-state index contributed by atoms with van der Waals surface area (Å²) < 4.78 is 21.3. The number of benzene rings is 1. The quantitative estimate of drug-likeness (QED) is 0.520. The molecule has 0 amide bonds. The van der Waals surface area contributed by atoms with Gasteiger partial charge in [-0.2, -0.15) is 0 Å². The van der Waals surface area contributed by atoms with E-state index in [2.05, 4.69) is 19.6 Å². The highest BCUT2D eigenvalue weighted by atomic mass is 19.1. The van der Waals surface area contributed by atoms with Gasteiger partial charge in [-0.1, -0.05) is 49.4 Å². The zero-order valence-corrected chi connectivity index (χ0v) is 18.1. The lowest BCUT2D eigenvalue weighted by Gasteiger charge is -2.54. The molecule has 1 aromatic carbocycles. The molecule has 1 N–H and O–H groups in total. The molecule has 2 saturated carbocycles. The summed E-state index contributed by atoms with van der Waals surface area (Å²) in [7, 11) is 0. The molecule has 4 aliphatic rings. The van der Waals surface area contributed by atoms with E-state index in [9.17, 15) is 9.90 Å². The van der Waals surface area contributed by atoms with Gasteiger partial charge in [0.25, 0.3) is 0 Å². The van der Waals surface area contributed by atoms with E-state index in [0.29, 0.717) is 36.3 Å². The van der Waals surface area contributed by atoms with Crippen molar-refractivity contribution in [2.45, 2.75) is 51.3 Å². The zero-order chi connectivity index (χ0) is 22.0. The topological polar surface area (TPSA) is 46.5 Å². The maximum atomic E-state index is 15.3. The van der Waals surface area contributed by atoms with Crippen molar-refractivity contribution in [3.05, 3.63) is 78.1 Å². The van der Waals surface area contributed by atoms with E-state index < -0.39 is 22.6 Å². The van der Waals surface area contributed by atoms with Crippen LogP contribution in [0.3, 0.4) is 0 Å². The molecule has 3 nitrogen and oxygen atoms in total. The summed E-state index contributed by atoms with van der Waals surface area (Å²) in [4.78, 5) is 11.9. The van der Waals surface area contributed by atoms with Crippen molar-refractivity contribution < 1.29 is 19.0 Å². The molecular weight excluding hydrogens is 391 g/mol. The van der Waals surface area contributed by atoms with Gasteiger partial charge in [0.05, 0.1) is 0 Å². The van der Waals surface area contributed by atoms with Crippen LogP contribution in [0.1, 0.15) is 39.5 Å². The number of rotatable bonds is 3. The molecule has 0 aliphatic heterocycles. The third kappa shape index (κ3) is 2.77. The van der Waals surface area contributed by atoms with Crippen molar-refractivity contribution >= 4 is 5.78 Å². The second kappa shape index (κ2) is 6.77. The highest BCUT2D eigenvalue weighted by molar-refractivity contribution is 6.01. The summed E-state index contributed by atoms with van der Waals surface area (Å²) >= 11 is 0. The van der Waals surface area contributed by atoms with Crippen molar-refractivity contribution in [3.63, 3.8) is 0 Å². The first-order valence-electron chi connectivity index (χ1n) is 11.1. The van der Waals surface area contributed by atoms with Gasteiger partial charge >= 0.3 is 0 Å². The Balaban J connectivity index is 1.50. The van der Waals surface area contributed by atoms with Crippen molar-refractivity contribution in [3.8, 4) is 5.75 Å². The summed E-state index contributed by atoms with van der Waals surface area (Å²) in [6.45, 7) is 8.24. The summed E-state index contributed by atoms with van der Waals surface area (Å²) in [5, 5.41) is 11.8. The molecule has 0 radical (unpaired) electrons. The van der Waals surface area contributed by atoms with E-state index in [-0.39, 0.29) is 17.6 Å². The van der Waals surface area contributed by atoms with Crippen LogP contribution >= 0.6 is 0 Å². The Labute approximate surface area is 183 Å². The minimum Gasteiger partial charge on any atom is -0.459 e. The number of halogens is 1. The molecular formula is C27H29FO3. The Bertz CT molecular complexity index is 1040. The van der Waals surface area contributed by atoms with Gasteiger partial charge in [-0.25, -0.2) is 4.39 Å². The lowest BCUT2D eigenvalue weighted by molar-refractivity contribution is -0.110. The van der Waals surface area contributed by atoms with Crippen molar-refractivity contribution in [2.75, 3.05) is 0 Å². The second-order valence-electron chi connectivity index (χ2n) is 9.97. The predicted molar refractivity (Wildman–Crippen MR) is 118 cm³/mol. The van der Waals surface area contributed by atoms with Crippen molar-refractivity contribution in [1.29, 1.82) is 0 Å². The number of para-hydroxylation sites is 1. The minimum atomic E-state index is -1.18. The van der Waals surface area contributed by atoms with Crippen LogP contribution in [0.4, 0.5) is 4.39 Å². The molecule has 0 aromatic heterocycles. The normalized spacial score (nSPS) is 40.9. The SMILES string of the molecule is C=C(Oc1ccccc1)[C@@]1(O)CC[C@H]2[C@@H]3C[C@H](F)C4=CC(=O)C=C[C@]4(C)C3=CC[C@@]21C. The fourth-order valence-corrected chi connectivity index (χ4v) is 6.72. The van der Waals surface area contributed by atoms with Crippen molar-refractivity contribution in [1.82, 2.24) is 0 Å². The van der Waals surface area contributed by atoms with E-state index in [1.54, 1.807) is 6.08 Å². The minimum absolute atomic E-state index is 0.0207. The highest BCUT2D eigenvalue weighted by Gasteiger charge is 2.64. The van der Waals surface area contributed by atoms with Crippen LogP contribution in [0.15, 0.2) is 78.1 Å². The number of ether oxygens (including phenoxy) is 1. The number of carbonyl (C=O) groups excluding carboxylic acids is 1. The molecule has 1 aromatic rings. The third-order valence-corrected chi connectivity index (χ3v) is 8.53. The van der Waals surface area contributed by atoms with Crippen LogP contribution < -0.4 is 4.74 Å². The number of fused-ring (bicyclic) bond motifs is 5. The molecule has 0 bridgehead atoms. The van der Waals surface area contributed by atoms with Gasteiger partial charge in [-0.3, -0.25) is 4.79 Å². The smallest absolute Gasteiger partial charge is 0.178 e. The van der Waals surface area contributed by atoms with E-state index >= 15 is 4.39 Å². The van der Waals surface area contributed by atoms with Gasteiger partial charge in [0, 0.05) is 10.8 Å². The van der Waals surface area contributed by atoms with Gasteiger partial charge in [0.1, 0.15) is 23.3 Å². The number of aliphatic hydroxyl groups is 1. The molecule has 2 fully saturated rings. The first-order chi connectivity index (χ1) is 14.7. The summed E-state index contributed by atoms with van der Waals surface area (Å²) in [6.07, 6.45) is 8.31. The Morgan fingerprint density at radius 3 is 2.71 bits per heavy atom. The second-order valence-corrected chi connectivity index (χ2v) is 9.97. The third-order valence-electron chi connectivity index (χ3n) is 8.53. The molecule has 0 spiro atoms. The number of hydrogen-bond acceptors (Lipinski definition) is 3. The van der Waals surface area contributed by atoms with Crippen molar-refractivity contribution in [2.24, 2.45) is 22.7 Å². The average Bonchev–Trinajstić information content (AvgIpc) is 3.02. The van der Waals surface area contributed by atoms with E-state index in [0.717, 1.165) is 6.42 Å². The fourth-order valence-electron chi connectivity index (χ4n) is 6.72. The number of carbonyl (C=O) groups is 1. The number of hydrogen-bond donors (Lipinski definition) is 1. The molecule has 0 saturated heterocycles. The Morgan fingerprint density at radius 1 is 1.23 bits per heavy atom. The van der Waals surface area contributed by atoms with Gasteiger partial charge in [-0.15, -0.1) is 0 Å². The lowest BCUT2D eigenvalue weighted by Crippen LogP contribution is -2.53. The maximum Gasteiger partial charge on any atom is 0.178 e. The van der Waals surface area contributed by atoms with Crippen LogP contribution in [-0.2, 0) is 4.79 Å². The Morgan fingerprint density at radius 2 is 1.97 bits per heavy atom. The number of alkyl halides is 1. The van der Waals surface area contributed by atoms with Crippen LogP contribution in [0.5, 0.6) is 5.75 Å². The standard InChI is InChI=1S/C27H29FO3/c1-17(31-19-7-5-4-6-8-19)27(30)14-11-22-20-16-24(28)23-15-18(29)9-12-25(23,2)21(20)10-13-26(22,27)3/h4-10,12,15,20,22,24,30H,1,11,13-14,16H2,2-3H3/t20-,22+,24+,25-,26+,27+/m1/s1. The molecule has 4 heteroatoms. The van der Waals surface area contributed by atoms with E-state index in [1.165, 1.54) is 11.6 Å². The van der Waals surface area contributed by atoms with E-state index in [1.807, 2.05) is 43.3 Å². The number of allylic oxidation sites excluding steroid dienone is 6. The summed E-state index contributed by atoms with van der Waals surface area (Å²) in [5.41, 5.74) is -0.459. The highest BCUT2D eigenvalue weighted by Crippen LogP contribution is 2.66. The molecule has 162 valence electrons. The lowest BCUT2D eigenvalue weighted by atomic mass is 9.51. The van der Waals surface area contributed by atoms with Gasteiger partial charge in [-0.05, 0) is 74.3 Å². The molecule has 5 rings (SSSR count). The van der Waals surface area contributed by atoms with E-state index in [4.69, 9.17) is 4.74 Å². The zero-order valence-electron chi connectivity index (χ0n) is 18.1. The molecule has 0 heterocycles. The van der Waals surface area contributed by atoms with Gasteiger partial charge in [0.2, 0.25) is 0 Å². The summed E-state index contributed by atoms with van der Waals surface area (Å²) in [6, 6.07) is 9.39. The average molecular weight is 421 g/mol. The maximum absolute atomic E-state index is 15.3. The first-order valence-corrected chi connectivity index (χ1v) is 11.1. The molecule has 31 heavy (non-hydrogen) atoms. The fraction of sp³-hybridized carbons (Fsp3) is 0.444. The van der Waals surface area contributed by atoms with Gasteiger partial charge < -0.3 is 9.84 Å². The molecule has 6 atom stereocenters. The first kappa shape index (κ1) is 20.4. The van der Waals surface area contributed by atoms with Gasteiger partial charge in [0.15, 0.2) is 5.78 Å². The van der Waals surface area contributed by atoms with Crippen LogP contribution in [0.25, 0.3) is 0 Å². The van der Waals surface area contributed by atoms with Crippen LogP contribution in [0, 0.1) is 22.7 Å². The Kier molecular flexibility index (Phi) is 4.46. The number of ketones is 1. The largest absolute Gasteiger partial charge is 0.459 e. The van der Waals surface area contributed by atoms with Crippen LogP contribution in [-0.4, -0.2) is 22.7 Å². The monoisotopic (exact) mass is 420 g/mol. The van der Waals surface area contributed by atoms with Crippen LogP contribution in [0.2, 0.25) is 0 Å².